The molecule has 0 bridgehead atoms. The maximum absolute atomic E-state index is 11.1. The van der Waals surface area contributed by atoms with Gasteiger partial charge in [-0.3, -0.25) is 4.79 Å². The van der Waals surface area contributed by atoms with Crippen molar-refractivity contribution in [1.29, 1.82) is 0 Å². The first-order chi connectivity index (χ1) is 10.1. The van der Waals surface area contributed by atoms with Crippen LogP contribution in [0.2, 0.25) is 0 Å². The fourth-order valence-electron chi connectivity index (χ4n) is 1.74. The van der Waals surface area contributed by atoms with Crippen LogP contribution in [-0.4, -0.2) is 19.1 Å². The molecule has 0 aliphatic carbocycles. The van der Waals surface area contributed by atoms with E-state index in [0.717, 1.165) is 21.6 Å². The fourth-order valence-corrected chi connectivity index (χ4v) is 2.21. The largest absolute Gasteiger partial charge is 0.492 e. The van der Waals surface area contributed by atoms with Gasteiger partial charge in [-0.15, -0.1) is 0 Å². The Kier molecular flexibility index (Phi) is 5.19. The second kappa shape index (κ2) is 7.10. The third-order valence-corrected chi connectivity index (χ3v) is 3.43. The molecule has 0 fully saturated rings. The maximum Gasteiger partial charge on any atom is 0.248 e. The van der Waals surface area contributed by atoms with Crippen molar-refractivity contribution in [3.63, 3.8) is 0 Å². The minimum Gasteiger partial charge on any atom is -0.492 e. The molecule has 5 nitrogen and oxygen atoms in total. The van der Waals surface area contributed by atoms with Gasteiger partial charge in [0.05, 0.1) is 5.69 Å². The molecule has 2 aromatic carbocycles. The molecule has 0 saturated heterocycles. The number of nitrogens with two attached hydrogens (primary N) is 2. The van der Waals surface area contributed by atoms with E-state index in [1.807, 2.05) is 24.3 Å². The molecule has 6 heteroatoms. The molecule has 5 N–H and O–H groups in total. The van der Waals surface area contributed by atoms with Gasteiger partial charge in [-0.25, -0.2) is 0 Å². The summed E-state index contributed by atoms with van der Waals surface area (Å²) in [6, 6.07) is 12.7. The molecular weight excluding hydrogens is 334 g/mol. The fraction of sp³-hybridized carbons (Fsp3) is 0.133. The highest BCUT2D eigenvalue weighted by molar-refractivity contribution is 9.10. The van der Waals surface area contributed by atoms with Crippen LogP contribution < -0.4 is 21.5 Å². The summed E-state index contributed by atoms with van der Waals surface area (Å²) in [4.78, 5) is 11.1. The molecule has 2 rings (SSSR count). The lowest BCUT2D eigenvalue weighted by molar-refractivity contribution is 0.100. The van der Waals surface area contributed by atoms with Gasteiger partial charge in [0.15, 0.2) is 0 Å². The zero-order chi connectivity index (χ0) is 15.2. The lowest BCUT2D eigenvalue weighted by Crippen LogP contribution is -2.11. The SMILES string of the molecule is NCCOc1ccc(Nc2ccc(C(N)=O)cc2Br)cc1. The highest BCUT2D eigenvalue weighted by atomic mass is 79.9. The van der Waals surface area contributed by atoms with Crippen LogP contribution in [0.3, 0.4) is 0 Å². The van der Waals surface area contributed by atoms with E-state index in [1.165, 1.54) is 0 Å². The molecule has 0 saturated carbocycles. The number of primary amides is 1. The minimum atomic E-state index is -0.455. The average Bonchev–Trinajstić information content (AvgIpc) is 2.48. The van der Waals surface area contributed by atoms with Crippen molar-refractivity contribution < 1.29 is 9.53 Å². The summed E-state index contributed by atoms with van der Waals surface area (Å²) >= 11 is 3.41. The average molecular weight is 350 g/mol. The van der Waals surface area contributed by atoms with Crippen LogP contribution in [0, 0.1) is 0 Å². The van der Waals surface area contributed by atoms with Crippen LogP contribution in [-0.2, 0) is 0 Å². The Balaban J connectivity index is 2.09. The van der Waals surface area contributed by atoms with Crippen LogP contribution in [0.4, 0.5) is 11.4 Å². The van der Waals surface area contributed by atoms with Gasteiger partial charge in [-0.2, -0.15) is 0 Å². The van der Waals surface area contributed by atoms with Crippen molar-refractivity contribution in [3.8, 4) is 5.75 Å². The summed E-state index contributed by atoms with van der Waals surface area (Å²) in [5.74, 6) is 0.317. The highest BCUT2D eigenvalue weighted by Crippen LogP contribution is 2.27. The van der Waals surface area contributed by atoms with Gasteiger partial charge in [-0.1, -0.05) is 0 Å². The third-order valence-electron chi connectivity index (χ3n) is 2.77. The number of nitrogens with one attached hydrogen (secondary N) is 1. The predicted octanol–water partition coefficient (Wildman–Crippen LogP) is 2.63. The Morgan fingerprint density at radius 3 is 2.48 bits per heavy atom. The summed E-state index contributed by atoms with van der Waals surface area (Å²) in [5.41, 5.74) is 12.8. The van der Waals surface area contributed by atoms with E-state index >= 15 is 0 Å². The Bertz CT molecular complexity index is 629. The molecular formula is C15H16BrN3O2. The Hall–Kier alpha value is -2.05. The monoisotopic (exact) mass is 349 g/mol. The molecule has 0 radical (unpaired) electrons. The highest BCUT2D eigenvalue weighted by Gasteiger charge is 2.05. The molecule has 0 unspecified atom stereocenters. The molecule has 0 aliphatic rings. The summed E-state index contributed by atoms with van der Waals surface area (Å²) in [7, 11) is 0. The molecule has 2 aromatic rings. The van der Waals surface area contributed by atoms with Gasteiger partial charge >= 0.3 is 0 Å². The number of halogens is 1. The van der Waals surface area contributed by atoms with Gasteiger partial charge in [0.2, 0.25) is 5.91 Å². The summed E-state index contributed by atoms with van der Waals surface area (Å²) in [6.07, 6.45) is 0. The Morgan fingerprint density at radius 2 is 1.90 bits per heavy atom. The molecule has 0 aliphatic heterocycles. The van der Waals surface area contributed by atoms with Gasteiger partial charge in [-0.05, 0) is 58.4 Å². The maximum atomic E-state index is 11.1. The number of hydrogen-bond acceptors (Lipinski definition) is 4. The second-order valence-corrected chi connectivity index (χ2v) is 5.20. The first-order valence-corrected chi connectivity index (χ1v) is 7.19. The van der Waals surface area contributed by atoms with Gasteiger partial charge in [0, 0.05) is 22.3 Å². The zero-order valence-electron chi connectivity index (χ0n) is 11.3. The van der Waals surface area contributed by atoms with E-state index in [0.29, 0.717) is 18.7 Å². The van der Waals surface area contributed by atoms with E-state index in [1.54, 1.807) is 18.2 Å². The number of anilines is 2. The van der Waals surface area contributed by atoms with Crippen molar-refractivity contribution in [2.75, 3.05) is 18.5 Å². The number of amides is 1. The van der Waals surface area contributed by atoms with Crippen LogP contribution in [0.25, 0.3) is 0 Å². The molecule has 110 valence electrons. The molecule has 0 heterocycles. The summed E-state index contributed by atoms with van der Waals surface area (Å²) in [5, 5.41) is 3.24. The smallest absolute Gasteiger partial charge is 0.248 e. The van der Waals surface area contributed by atoms with E-state index < -0.39 is 5.91 Å². The standard InChI is InChI=1S/C15H16BrN3O2/c16-13-9-10(15(18)20)1-6-14(13)19-11-2-4-12(5-3-11)21-8-7-17/h1-6,9,19H,7-8,17H2,(H2,18,20). The van der Waals surface area contributed by atoms with Crippen LogP contribution in [0.5, 0.6) is 5.75 Å². The van der Waals surface area contributed by atoms with Gasteiger partial charge in [0.25, 0.3) is 0 Å². The lowest BCUT2D eigenvalue weighted by Gasteiger charge is -2.10. The number of ether oxygens (including phenoxy) is 1. The predicted molar refractivity (Wildman–Crippen MR) is 86.9 cm³/mol. The molecule has 0 aromatic heterocycles. The van der Waals surface area contributed by atoms with Crippen molar-refractivity contribution in [1.82, 2.24) is 0 Å². The quantitative estimate of drug-likeness (QED) is 0.747. The zero-order valence-corrected chi connectivity index (χ0v) is 12.9. The number of rotatable bonds is 6. The van der Waals surface area contributed by atoms with Crippen molar-refractivity contribution in [2.45, 2.75) is 0 Å². The van der Waals surface area contributed by atoms with Crippen molar-refractivity contribution in [2.24, 2.45) is 11.5 Å². The second-order valence-electron chi connectivity index (χ2n) is 4.35. The van der Waals surface area contributed by atoms with E-state index in [2.05, 4.69) is 21.2 Å². The minimum absolute atomic E-state index is 0.455. The van der Waals surface area contributed by atoms with Crippen molar-refractivity contribution in [3.05, 3.63) is 52.5 Å². The normalized spacial score (nSPS) is 10.2. The molecule has 1 amide bonds. The first kappa shape index (κ1) is 15.3. The van der Waals surface area contributed by atoms with Crippen LogP contribution in [0.15, 0.2) is 46.9 Å². The van der Waals surface area contributed by atoms with Crippen molar-refractivity contribution >= 4 is 33.2 Å². The molecule has 21 heavy (non-hydrogen) atoms. The Labute approximate surface area is 131 Å². The van der Waals surface area contributed by atoms with E-state index in [9.17, 15) is 4.79 Å². The third kappa shape index (κ3) is 4.21. The number of benzene rings is 2. The van der Waals surface area contributed by atoms with Gasteiger partial charge < -0.3 is 21.5 Å². The molecule has 0 spiro atoms. The topological polar surface area (TPSA) is 90.4 Å². The molecule has 0 atom stereocenters. The number of carbonyl (C=O) groups is 1. The number of hydrogen-bond donors (Lipinski definition) is 3. The van der Waals surface area contributed by atoms with Crippen LogP contribution in [0.1, 0.15) is 10.4 Å². The van der Waals surface area contributed by atoms with Crippen LogP contribution >= 0.6 is 15.9 Å². The van der Waals surface area contributed by atoms with E-state index in [4.69, 9.17) is 16.2 Å². The Morgan fingerprint density at radius 1 is 1.19 bits per heavy atom. The first-order valence-electron chi connectivity index (χ1n) is 6.39. The van der Waals surface area contributed by atoms with E-state index in [-0.39, 0.29) is 0 Å². The van der Waals surface area contributed by atoms with Gasteiger partial charge in [0.1, 0.15) is 12.4 Å². The number of carbonyl (C=O) groups excluding carboxylic acids is 1. The lowest BCUT2D eigenvalue weighted by atomic mass is 10.2. The summed E-state index contributed by atoms with van der Waals surface area (Å²) in [6.45, 7) is 0.978. The summed E-state index contributed by atoms with van der Waals surface area (Å²) < 4.78 is 6.18.